The van der Waals surface area contributed by atoms with Gasteiger partial charge in [-0.1, -0.05) is 24.6 Å². The second-order valence-corrected chi connectivity index (χ2v) is 5.89. The van der Waals surface area contributed by atoms with E-state index in [9.17, 15) is 10.1 Å². The van der Waals surface area contributed by atoms with Crippen LogP contribution in [0.2, 0.25) is 0 Å². The molecule has 2 aliphatic rings. The monoisotopic (exact) mass is 275 g/mol. The van der Waals surface area contributed by atoms with E-state index in [1.54, 1.807) is 12.1 Å². The highest BCUT2D eigenvalue weighted by molar-refractivity contribution is 5.43. The molecule has 1 aromatic rings. The van der Waals surface area contributed by atoms with Crippen LogP contribution in [0.4, 0.5) is 5.69 Å². The fourth-order valence-corrected chi connectivity index (χ4v) is 3.35. The highest BCUT2D eigenvalue weighted by Crippen LogP contribution is 2.41. The van der Waals surface area contributed by atoms with Crippen LogP contribution in [0.5, 0.6) is 0 Å². The van der Waals surface area contributed by atoms with Crippen LogP contribution < -0.4 is 5.73 Å². The summed E-state index contributed by atoms with van der Waals surface area (Å²) < 4.78 is 0. The van der Waals surface area contributed by atoms with E-state index in [0.29, 0.717) is 6.04 Å². The quantitative estimate of drug-likeness (QED) is 0.680. The van der Waals surface area contributed by atoms with Gasteiger partial charge in [0.25, 0.3) is 5.69 Å². The van der Waals surface area contributed by atoms with Gasteiger partial charge < -0.3 is 5.73 Å². The van der Waals surface area contributed by atoms with Crippen molar-refractivity contribution < 1.29 is 4.92 Å². The molecular weight excluding hydrogens is 254 g/mol. The van der Waals surface area contributed by atoms with Gasteiger partial charge in [0, 0.05) is 23.7 Å². The maximum atomic E-state index is 11.3. The Morgan fingerprint density at radius 3 is 2.65 bits per heavy atom. The number of nitrogens with zero attached hydrogens (tertiary/aromatic N) is 2. The van der Waals surface area contributed by atoms with Gasteiger partial charge in [0.1, 0.15) is 0 Å². The number of benzene rings is 1. The summed E-state index contributed by atoms with van der Waals surface area (Å²) in [7, 11) is 0. The van der Waals surface area contributed by atoms with Crippen molar-refractivity contribution in [2.75, 3.05) is 6.54 Å². The number of nitro groups is 1. The number of para-hydroxylation sites is 1. The minimum atomic E-state index is -0.280. The van der Waals surface area contributed by atoms with Gasteiger partial charge in [-0.25, -0.2) is 0 Å². The molecule has 108 valence electrons. The van der Waals surface area contributed by atoms with Crippen LogP contribution >= 0.6 is 0 Å². The lowest BCUT2D eigenvalue weighted by Crippen LogP contribution is -2.41. The van der Waals surface area contributed by atoms with E-state index in [4.69, 9.17) is 5.73 Å². The van der Waals surface area contributed by atoms with Crippen molar-refractivity contribution in [1.29, 1.82) is 0 Å². The van der Waals surface area contributed by atoms with Gasteiger partial charge in [-0.2, -0.15) is 0 Å². The Balaban J connectivity index is 2.01. The van der Waals surface area contributed by atoms with E-state index in [1.165, 1.54) is 12.8 Å². The third-order valence-electron chi connectivity index (χ3n) is 4.43. The Kier molecular flexibility index (Phi) is 3.72. The first-order chi connectivity index (χ1) is 9.68. The molecule has 1 aromatic carbocycles. The zero-order valence-electron chi connectivity index (χ0n) is 11.6. The van der Waals surface area contributed by atoms with Crippen molar-refractivity contribution >= 4 is 5.69 Å². The summed E-state index contributed by atoms with van der Waals surface area (Å²) in [5.41, 5.74) is 7.37. The van der Waals surface area contributed by atoms with Crippen LogP contribution in [-0.4, -0.2) is 28.5 Å². The summed E-state index contributed by atoms with van der Waals surface area (Å²) in [6.45, 7) is 1.01. The molecule has 0 spiro atoms. The topological polar surface area (TPSA) is 72.4 Å². The normalized spacial score (nSPS) is 28.1. The largest absolute Gasteiger partial charge is 0.326 e. The molecule has 3 rings (SSSR count). The van der Waals surface area contributed by atoms with Gasteiger partial charge >= 0.3 is 0 Å². The molecular formula is C15H21N3O2. The standard InChI is InChI=1S/C15H21N3O2/c16-13-6-3-4-10-17(11-8-9-11)15(13)12-5-1-2-7-14(12)18(19)20/h1-2,5,7,11,13,15H,3-4,6,8-10,16H2. The molecule has 0 aromatic heterocycles. The molecule has 5 heteroatoms. The summed E-state index contributed by atoms with van der Waals surface area (Å²) in [4.78, 5) is 13.4. The molecule has 1 saturated carbocycles. The summed E-state index contributed by atoms with van der Waals surface area (Å²) in [6, 6.07) is 7.63. The molecule has 0 bridgehead atoms. The van der Waals surface area contributed by atoms with Crippen molar-refractivity contribution in [2.45, 2.75) is 50.2 Å². The molecule has 1 aliphatic carbocycles. The molecule has 2 unspecified atom stereocenters. The summed E-state index contributed by atoms with van der Waals surface area (Å²) in [6.07, 6.45) is 5.59. The lowest BCUT2D eigenvalue weighted by atomic mass is 9.95. The molecule has 2 atom stereocenters. The van der Waals surface area contributed by atoms with Crippen molar-refractivity contribution in [1.82, 2.24) is 4.90 Å². The van der Waals surface area contributed by atoms with E-state index < -0.39 is 0 Å². The van der Waals surface area contributed by atoms with Crippen LogP contribution in [-0.2, 0) is 0 Å². The zero-order valence-corrected chi connectivity index (χ0v) is 11.6. The first-order valence-corrected chi connectivity index (χ1v) is 7.43. The number of hydrogen-bond acceptors (Lipinski definition) is 4. The number of hydrogen-bond donors (Lipinski definition) is 1. The number of rotatable bonds is 3. The molecule has 5 nitrogen and oxygen atoms in total. The highest BCUT2D eigenvalue weighted by Gasteiger charge is 2.40. The molecule has 2 N–H and O–H groups in total. The number of nitro benzene ring substituents is 1. The SMILES string of the molecule is NC1CCCCN(C2CC2)C1c1ccccc1[N+](=O)[O-]. The number of likely N-dealkylation sites (tertiary alicyclic amines) is 1. The van der Waals surface area contributed by atoms with E-state index in [0.717, 1.165) is 31.4 Å². The molecule has 0 radical (unpaired) electrons. The highest BCUT2D eigenvalue weighted by atomic mass is 16.6. The van der Waals surface area contributed by atoms with E-state index >= 15 is 0 Å². The third-order valence-corrected chi connectivity index (χ3v) is 4.43. The maximum Gasteiger partial charge on any atom is 0.274 e. The van der Waals surface area contributed by atoms with E-state index in [2.05, 4.69) is 4.90 Å². The Bertz CT molecular complexity index is 502. The van der Waals surface area contributed by atoms with Gasteiger partial charge in [0.15, 0.2) is 0 Å². The van der Waals surface area contributed by atoms with Crippen molar-refractivity contribution in [3.05, 3.63) is 39.9 Å². The van der Waals surface area contributed by atoms with Gasteiger partial charge in [-0.05, 0) is 32.2 Å². The molecule has 2 fully saturated rings. The predicted octanol–water partition coefficient (Wildman–Crippen LogP) is 2.61. The Hall–Kier alpha value is -1.46. The van der Waals surface area contributed by atoms with Crippen LogP contribution in [0.1, 0.15) is 43.7 Å². The Morgan fingerprint density at radius 2 is 1.95 bits per heavy atom. The van der Waals surface area contributed by atoms with E-state index in [1.807, 2.05) is 12.1 Å². The van der Waals surface area contributed by atoms with Gasteiger partial charge in [0.05, 0.1) is 11.0 Å². The van der Waals surface area contributed by atoms with Crippen molar-refractivity contribution in [3.63, 3.8) is 0 Å². The first kappa shape index (κ1) is 13.5. The summed E-state index contributed by atoms with van der Waals surface area (Å²) in [5.74, 6) is 0. The third kappa shape index (κ3) is 2.55. The predicted molar refractivity (Wildman–Crippen MR) is 77.4 cm³/mol. The maximum absolute atomic E-state index is 11.3. The summed E-state index contributed by atoms with van der Waals surface area (Å²) in [5, 5.41) is 11.3. The molecule has 0 amide bonds. The average molecular weight is 275 g/mol. The lowest BCUT2D eigenvalue weighted by molar-refractivity contribution is -0.386. The van der Waals surface area contributed by atoms with Crippen molar-refractivity contribution in [2.24, 2.45) is 5.73 Å². The van der Waals surface area contributed by atoms with Crippen LogP contribution in [0.15, 0.2) is 24.3 Å². The number of nitrogens with two attached hydrogens (primary N) is 1. The Morgan fingerprint density at radius 1 is 1.20 bits per heavy atom. The van der Waals surface area contributed by atoms with E-state index in [-0.39, 0.29) is 22.7 Å². The van der Waals surface area contributed by atoms with Gasteiger partial charge in [0.2, 0.25) is 0 Å². The van der Waals surface area contributed by atoms with Crippen molar-refractivity contribution in [3.8, 4) is 0 Å². The fourth-order valence-electron chi connectivity index (χ4n) is 3.35. The van der Waals surface area contributed by atoms with Crippen LogP contribution in [0.3, 0.4) is 0 Å². The second kappa shape index (κ2) is 5.50. The minimum absolute atomic E-state index is 0.00778. The molecule has 1 saturated heterocycles. The Labute approximate surface area is 118 Å². The zero-order chi connectivity index (χ0) is 14.1. The smallest absolute Gasteiger partial charge is 0.274 e. The molecule has 1 aliphatic heterocycles. The van der Waals surface area contributed by atoms with Crippen LogP contribution in [0.25, 0.3) is 0 Å². The van der Waals surface area contributed by atoms with Crippen LogP contribution in [0, 0.1) is 10.1 Å². The molecule has 1 heterocycles. The first-order valence-electron chi connectivity index (χ1n) is 7.43. The second-order valence-electron chi connectivity index (χ2n) is 5.89. The fraction of sp³-hybridized carbons (Fsp3) is 0.600. The molecule has 20 heavy (non-hydrogen) atoms. The minimum Gasteiger partial charge on any atom is -0.326 e. The summed E-state index contributed by atoms with van der Waals surface area (Å²) >= 11 is 0. The average Bonchev–Trinajstić information content (AvgIpc) is 3.25. The van der Waals surface area contributed by atoms with Gasteiger partial charge in [-0.15, -0.1) is 0 Å². The lowest BCUT2D eigenvalue weighted by Gasteiger charge is -2.33. The van der Waals surface area contributed by atoms with Gasteiger partial charge in [-0.3, -0.25) is 15.0 Å².